The Morgan fingerprint density at radius 1 is 1.26 bits per heavy atom. The molecule has 1 aliphatic heterocycles. The molecule has 1 fully saturated rings. The Morgan fingerprint density at radius 2 is 2.03 bits per heavy atom. The molecule has 0 unspecified atom stereocenters. The lowest BCUT2D eigenvalue weighted by molar-refractivity contribution is -0.140. The van der Waals surface area contributed by atoms with E-state index < -0.39 is 5.41 Å². The van der Waals surface area contributed by atoms with Crippen LogP contribution in [0.25, 0.3) is 11.2 Å². The van der Waals surface area contributed by atoms with Crippen molar-refractivity contribution in [3.8, 4) is 0 Å². The Morgan fingerprint density at radius 3 is 2.77 bits per heavy atom. The van der Waals surface area contributed by atoms with Crippen molar-refractivity contribution in [3.05, 3.63) is 51.1 Å². The molecular formula is C23H30N6O2. The van der Waals surface area contributed by atoms with Gasteiger partial charge in [-0.3, -0.25) is 9.59 Å². The van der Waals surface area contributed by atoms with Crippen LogP contribution >= 0.6 is 0 Å². The fraction of sp³-hybridized carbons (Fsp3) is 0.522. The zero-order valence-electron chi connectivity index (χ0n) is 18.9. The number of carbonyl (C=O) groups is 1. The maximum absolute atomic E-state index is 12.8. The first-order valence-corrected chi connectivity index (χ1v) is 10.8. The van der Waals surface area contributed by atoms with Gasteiger partial charge in [-0.15, -0.1) is 5.10 Å². The van der Waals surface area contributed by atoms with Gasteiger partial charge in [0.15, 0.2) is 11.2 Å². The number of aromatic amines is 1. The minimum absolute atomic E-state index is 0.0128. The Hall–Kier alpha value is -3.03. The van der Waals surface area contributed by atoms with Gasteiger partial charge in [0.25, 0.3) is 5.56 Å². The molecule has 1 atom stereocenters. The number of rotatable bonds is 3. The van der Waals surface area contributed by atoms with Crippen LogP contribution in [-0.4, -0.2) is 48.9 Å². The van der Waals surface area contributed by atoms with Crippen LogP contribution < -0.4 is 5.56 Å². The maximum atomic E-state index is 12.8. The molecule has 3 heterocycles. The van der Waals surface area contributed by atoms with Crippen molar-refractivity contribution in [2.45, 2.75) is 59.9 Å². The summed E-state index contributed by atoms with van der Waals surface area (Å²) in [6, 6.07) is 6.28. The van der Waals surface area contributed by atoms with Crippen LogP contribution in [0.3, 0.4) is 0 Å². The topological polar surface area (TPSA) is 96.8 Å². The second-order valence-corrected chi connectivity index (χ2v) is 9.64. The first kappa shape index (κ1) is 21.2. The van der Waals surface area contributed by atoms with Crippen LogP contribution in [-0.2, 0) is 11.3 Å². The average molecular weight is 423 g/mol. The van der Waals surface area contributed by atoms with E-state index in [2.05, 4.69) is 47.3 Å². The summed E-state index contributed by atoms with van der Waals surface area (Å²) in [5.41, 5.74) is 3.46. The highest BCUT2D eigenvalue weighted by Gasteiger charge is 2.32. The summed E-state index contributed by atoms with van der Waals surface area (Å²) >= 11 is 0. The molecule has 8 nitrogen and oxygen atoms in total. The van der Waals surface area contributed by atoms with Gasteiger partial charge in [-0.05, 0) is 37.8 Å². The van der Waals surface area contributed by atoms with E-state index in [9.17, 15) is 9.59 Å². The highest BCUT2D eigenvalue weighted by atomic mass is 16.2. The van der Waals surface area contributed by atoms with Gasteiger partial charge in [0.1, 0.15) is 5.82 Å². The molecule has 0 spiro atoms. The maximum Gasteiger partial charge on any atom is 0.281 e. The number of piperidine rings is 1. The highest BCUT2D eigenvalue weighted by Crippen LogP contribution is 2.28. The fourth-order valence-electron chi connectivity index (χ4n) is 4.17. The summed E-state index contributed by atoms with van der Waals surface area (Å²) in [4.78, 5) is 35.0. The molecular weight excluding hydrogens is 392 g/mol. The van der Waals surface area contributed by atoms with Gasteiger partial charge in [0, 0.05) is 24.4 Å². The van der Waals surface area contributed by atoms with Crippen LogP contribution in [0.1, 0.15) is 62.0 Å². The molecule has 0 bridgehead atoms. The van der Waals surface area contributed by atoms with E-state index >= 15 is 0 Å². The van der Waals surface area contributed by atoms with Crippen molar-refractivity contribution in [1.29, 1.82) is 0 Å². The molecule has 1 saturated heterocycles. The summed E-state index contributed by atoms with van der Waals surface area (Å²) in [7, 11) is 0. The molecule has 1 aromatic carbocycles. The second-order valence-electron chi connectivity index (χ2n) is 9.64. The lowest BCUT2D eigenvalue weighted by Gasteiger charge is -2.36. The number of H-pyrrole nitrogens is 1. The number of hydrogen-bond acceptors (Lipinski definition) is 5. The SMILES string of the molecule is Cc1ccc(C)c(Cn2nnc3c(=O)[nH]c([C@@H]4CCCN(C(=O)C(C)(C)C)C4)nc32)c1. The van der Waals surface area contributed by atoms with E-state index in [4.69, 9.17) is 4.98 Å². The zero-order valence-corrected chi connectivity index (χ0v) is 18.9. The Labute approximate surface area is 181 Å². The summed E-state index contributed by atoms with van der Waals surface area (Å²) in [5.74, 6) is 0.719. The fourth-order valence-corrected chi connectivity index (χ4v) is 4.17. The van der Waals surface area contributed by atoms with Crippen molar-refractivity contribution < 1.29 is 4.79 Å². The molecule has 0 saturated carbocycles. The molecule has 0 radical (unpaired) electrons. The summed E-state index contributed by atoms with van der Waals surface area (Å²) in [6.07, 6.45) is 1.76. The Bertz CT molecular complexity index is 1190. The number of nitrogens with zero attached hydrogens (tertiary/aromatic N) is 5. The van der Waals surface area contributed by atoms with E-state index in [-0.39, 0.29) is 22.9 Å². The van der Waals surface area contributed by atoms with E-state index in [0.717, 1.165) is 30.5 Å². The van der Waals surface area contributed by atoms with Crippen molar-refractivity contribution in [3.63, 3.8) is 0 Å². The Kier molecular flexibility index (Phi) is 5.41. The van der Waals surface area contributed by atoms with E-state index in [1.165, 1.54) is 5.56 Å². The van der Waals surface area contributed by atoms with Gasteiger partial charge in [0.2, 0.25) is 5.91 Å². The lowest BCUT2D eigenvalue weighted by atomic mass is 9.91. The number of hydrogen-bond donors (Lipinski definition) is 1. The molecule has 8 heteroatoms. The van der Waals surface area contributed by atoms with Gasteiger partial charge in [-0.1, -0.05) is 49.7 Å². The smallest absolute Gasteiger partial charge is 0.281 e. The zero-order chi connectivity index (χ0) is 22.3. The number of fused-ring (bicyclic) bond motifs is 1. The monoisotopic (exact) mass is 422 g/mol. The first-order valence-electron chi connectivity index (χ1n) is 10.8. The number of carbonyl (C=O) groups excluding carboxylic acids is 1. The van der Waals surface area contributed by atoms with Crippen LogP contribution in [0.5, 0.6) is 0 Å². The summed E-state index contributed by atoms with van der Waals surface area (Å²) in [6.45, 7) is 11.7. The Balaban J connectivity index is 1.67. The predicted octanol–water partition coefficient (Wildman–Crippen LogP) is 2.93. The highest BCUT2D eigenvalue weighted by molar-refractivity contribution is 5.81. The first-order chi connectivity index (χ1) is 14.6. The number of likely N-dealkylation sites (tertiary alicyclic amines) is 1. The molecule has 4 rings (SSSR count). The van der Waals surface area contributed by atoms with Crippen molar-refractivity contribution >= 4 is 17.1 Å². The van der Waals surface area contributed by atoms with Gasteiger partial charge in [-0.2, -0.15) is 0 Å². The van der Waals surface area contributed by atoms with Crippen molar-refractivity contribution in [2.24, 2.45) is 5.41 Å². The van der Waals surface area contributed by atoms with Crippen molar-refractivity contribution in [2.75, 3.05) is 13.1 Å². The van der Waals surface area contributed by atoms with Crippen LogP contribution in [0.15, 0.2) is 23.0 Å². The quantitative estimate of drug-likeness (QED) is 0.700. The third-order valence-corrected chi connectivity index (χ3v) is 5.95. The van der Waals surface area contributed by atoms with E-state index in [1.54, 1.807) is 4.68 Å². The third kappa shape index (κ3) is 4.24. The number of benzene rings is 1. The molecule has 1 N–H and O–H groups in total. The molecule has 3 aromatic rings. The van der Waals surface area contributed by atoms with Gasteiger partial charge < -0.3 is 9.88 Å². The number of aryl methyl sites for hydroxylation is 2. The van der Waals surface area contributed by atoms with Gasteiger partial charge in [0.05, 0.1) is 6.54 Å². The standard InChI is InChI=1S/C23H30N6O2/c1-14-8-9-15(2)17(11-14)13-29-20-18(26-27-29)21(30)25-19(24-20)16-7-6-10-28(12-16)22(31)23(3,4)5/h8-9,11,16H,6-7,10,12-13H2,1-5H3,(H,24,25,30)/t16-/m1/s1. The van der Waals surface area contributed by atoms with Gasteiger partial charge in [-0.25, -0.2) is 9.67 Å². The number of nitrogens with one attached hydrogen (secondary N) is 1. The molecule has 1 aliphatic rings. The summed E-state index contributed by atoms with van der Waals surface area (Å²) in [5, 5.41) is 8.27. The predicted molar refractivity (Wildman–Crippen MR) is 119 cm³/mol. The van der Waals surface area contributed by atoms with Crippen LogP contribution in [0, 0.1) is 19.3 Å². The molecule has 1 amide bonds. The second kappa shape index (κ2) is 7.90. The molecule has 31 heavy (non-hydrogen) atoms. The summed E-state index contributed by atoms with van der Waals surface area (Å²) < 4.78 is 1.69. The number of aromatic nitrogens is 5. The van der Waals surface area contributed by atoms with E-state index in [0.29, 0.717) is 24.6 Å². The average Bonchev–Trinajstić information content (AvgIpc) is 3.13. The van der Waals surface area contributed by atoms with Crippen LogP contribution in [0.2, 0.25) is 0 Å². The molecule has 2 aromatic heterocycles. The van der Waals surface area contributed by atoms with Crippen LogP contribution in [0.4, 0.5) is 0 Å². The largest absolute Gasteiger partial charge is 0.342 e. The minimum atomic E-state index is -0.430. The minimum Gasteiger partial charge on any atom is -0.342 e. The normalized spacial score (nSPS) is 17.3. The lowest BCUT2D eigenvalue weighted by Crippen LogP contribution is -2.45. The molecule has 164 valence electrons. The molecule has 0 aliphatic carbocycles. The van der Waals surface area contributed by atoms with Crippen molar-refractivity contribution in [1.82, 2.24) is 29.9 Å². The number of amides is 1. The van der Waals surface area contributed by atoms with E-state index in [1.807, 2.05) is 25.7 Å². The van der Waals surface area contributed by atoms with Gasteiger partial charge >= 0.3 is 0 Å². The third-order valence-electron chi connectivity index (χ3n) is 5.95.